The predicted octanol–water partition coefficient (Wildman–Crippen LogP) is 5.59. The van der Waals surface area contributed by atoms with E-state index in [0.717, 1.165) is 48.1 Å². The van der Waals surface area contributed by atoms with Crippen LogP contribution in [0.15, 0.2) is 60.8 Å². The maximum Gasteiger partial charge on any atom is 0.229 e. The van der Waals surface area contributed by atoms with Crippen molar-refractivity contribution in [3.8, 4) is 22.4 Å². The van der Waals surface area contributed by atoms with Gasteiger partial charge < -0.3 is 0 Å². The maximum absolute atomic E-state index is 12.5. The van der Waals surface area contributed by atoms with Gasteiger partial charge in [-0.25, -0.2) is 9.97 Å². The molecule has 0 radical (unpaired) electrons. The van der Waals surface area contributed by atoms with E-state index in [4.69, 9.17) is 11.6 Å². The van der Waals surface area contributed by atoms with Crippen molar-refractivity contribution in [2.45, 2.75) is 25.7 Å². The standard InChI is InChI=1S/C22H20ClN3O/c23-18-12-6-11-17(13-18)19-14-24-22(26-21(27)16-9-4-5-10-16)25-20(19)15-7-2-1-3-8-15/h1-3,6-8,11-14,16H,4-5,9-10H2,(H,24,25,26,27). The van der Waals surface area contributed by atoms with Crippen LogP contribution in [-0.2, 0) is 4.79 Å². The molecule has 4 nitrogen and oxygen atoms in total. The highest BCUT2D eigenvalue weighted by atomic mass is 35.5. The second-order valence-electron chi connectivity index (χ2n) is 6.80. The second-order valence-corrected chi connectivity index (χ2v) is 7.24. The summed E-state index contributed by atoms with van der Waals surface area (Å²) in [6.07, 6.45) is 5.87. The van der Waals surface area contributed by atoms with Gasteiger partial charge in [-0.05, 0) is 30.5 Å². The number of anilines is 1. The van der Waals surface area contributed by atoms with Crippen molar-refractivity contribution in [1.82, 2.24) is 9.97 Å². The summed E-state index contributed by atoms with van der Waals surface area (Å²) >= 11 is 6.17. The van der Waals surface area contributed by atoms with Gasteiger partial charge in [0, 0.05) is 28.3 Å². The highest BCUT2D eigenvalue weighted by Gasteiger charge is 2.23. The Hall–Kier alpha value is -2.72. The lowest BCUT2D eigenvalue weighted by Gasteiger charge is -2.13. The summed E-state index contributed by atoms with van der Waals surface area (Å²) in [6, 6.07) is 17.5. The van der Waals surface area contributed by atoms with Crippen molar-refractivity contribution in [2.24, 2.45) is 5.92 Å². The third-order valence-electron chi connectivity index (χ3n) is 4.93. The Kier molecular flexibility index (Phi) is 5.16. The van der Waals surface area contributed by atoms with Crippen molar-refractivity contribution >= 4 is 23.5 Å². The Morgan fingerprint density at radius 1 is 1.00 bits per heavy atom. The lowest BCUT2D eigenvalue weighted by atomic mass is 10.0. The Balaban J connectivity index is 1.73. The zero-order chi connectivity index (χ0) is 18.6. The molecule has 0 aliphatic heterocycles. The van der Waals surface area contributed by atoms with Gasteiger partial charge in [0.05, 0.1) is 5.69 Å². The highest BCUT2D eigenvalue weighted by molar-refractivity contribution is 6.30. The zero-order valence-electron chi connectivity index (χ0n) is 14.9. The van der Waals surface area contributed by atoms with Gasteiger partial charge in [-0.15, -0.1) is 0 Å². The van der Waals surface area contributed by atoms with Gasteiger partial charge in [-0.1, -0.05) is 66.9 Å². The van der Waals surface area contributed by atoms with Crippen LogP contribution in [0.3, 0.4) is 0 Å². The summed E-state index contributed by atoms with van der Waals surface area (Å²) in [4.78, 5) is 21.5. The fourth-order valence-electron chi connectivity index (χ4n) is 3.53. The summed E-state index contributed by atoms with van der Waals surface area (Å²) in [5.41, 5.74) is 3.55. The predicted molar refractivity (Wildman–Crippen MR) is 109 cm³/mol. The number of nitrogens with one attached hydrogen (secondary N) is 1. The molecule has 1 aliphatic rings. The molecule has 3 aromatic rings. The van der Waals surface area contributed by atoms with Gasteiger partial charge in [-0.2, -0.15) is 0 Å². The third kappa shape index (κ3) is 4.01. The molecule has 1 saturated carbocycles. The average Bonchev–Trinajstić information content (AvgIpc) is 3.24. The normalized spacial score (nSPS) is 14.3. The van der Waals surface area contributed by atoms with Crippen LogP contribution in [0.1, 0.15) is 25.7 Å². The molecule has 0 spiro atoms. The molecule has 5 heteroatoms. The van der Waals surface area contributed by atoms with Crippen LogP contribution in [0.5, 0.6) is 0 Å². The lowest BCUT2D eigenvalue weighted by molar-refractivity contribution is -0.119. The molecule has 136 valence electrons. The first-order valence-corrected chi connectivity index (χ1v) is 9.58. The number of aromatic nitrogens is 2. The van der Waals surface area contributed by atoms with Gasteiger partial charge in [0.2, 0.25) is 11.9 Å². The minimum absolute atomic E-state index is 0.0158. The van der Waals surface area contributed by atoms with E-state index >= 15 is 0 Å². The molecule has 0 saturated heterocycles. The fraction of sp³-hybridized carbons (Fsp3) is 0.227. The Morgan fingerprint density at radius 3 is 2.48 bits per heavy atom. The molecule has 0 atom stereocenters. The lowest BCUT2D eigenvalue weighted by Crippen LogP contribution is -2.21. The van der Waals surface area contributed by atoms with E-state index in [-0.39, 0.29) is 11.8 Å². The Bertz CT molecular complexity index is 953. The first kappa shape index (κ1) is 17.7. The van der Waals surface area contributed by atoms with Crippen molar-refractivity contribution in [3.05, 3.63) is 65.8 Å². The van der Waals surface area contributed by atoms with E-state index in [9.17, 15) is 4.79 Å². The minimum atomic E-state index is 0.0158. The van der Waals surface area contributed by atoms with Crippen LogP contribution >= 0.6 is 11.6 Å². The molecule has 1 heterocycles. The van der Waals surface area contributed by atoms with E-state index in [0.29, 0.717) is 11.0 Å². The van der Waals surface area contributed by atoms with Gasteiger partial charge in [0.15, 0.2) is 0 Å². The number of hydrogen-bond acceptors (Lipinski definition) is 3. The topological polar surface area (TPSA) is 54.9 Å². The van der Waals surface area contributed by atoms with Crippen LogP contribution in [0, 0.1) is 5.92 Å². The number of halogens is 1. The number of hydrogen-bond donors (Lipinski definition) is 1. The molecular formula is C22H20ClN3O. The van der Waals surface area contributed by atoms with Crippen molar-refractivity contribution in [2.75, 3.05) is 5.32 Å². The fourth-order valence-corrected chi connectivity index (χ4v) is 3.72. The highest BCUT2D eigenvalue weighted by Crippen LogP contribution is 2.32. The van der Waals surface area contributed by atoms with Crippen molar-refractivity contribution in [1.29, 1.82) is 0 Å². The van der Waals surface area contributed by atoms with Crippen molar-refractivity contribution in [3.63, 3.8) is 0 Å². The number of amides is 1. The van der Waals surface area contributed by atoms with Gasteiger partial charge in [-0.3, -0.25) is 10.1 Å². The Labute approximate surface area is 163 Å². The maximum atomic E-state index is 12.5. The largest absolute Gasteiger partial charge is 0.294 e. The van der Waals surface area contributed by atoms with E-state index in [1.54, 1.807) is 6.20 Å². The number of carbonyl (C=O) groups is 1. The molecule has 0 unspecified atom stereocenters. The quantitative estimate of drug-likeness (QED) is 0.644. The van der Waals surface area contributed by atoms with Gasteiger partial charge >= 0.3 is 0 Å². The van der Waals surface area contributed by atoms with E-state index in [2.05, 4.69) is 15.3 Å². The number of nitrogens with zero attached hydrogens (tertiary/aromatic N) is 2. The van der Waals surface area contributed by atoms with E-state index in [1.165, 1.54) is 0 Å². The molecule has 1 N–H and O–H groups in total. The van der Waals surface area contributed by atoms with Crippen molar-refractivity contribution < 1.29 is 4.79 Å². The molecule has 2 aromatic carbocycles. The van der Waals surface area contributed by atoms with Crippen LogP contribution in [0.2, 0.25) is 5.02 Å². The molecule has 1 aromatic heterocycles. The molecule has 1 aliphatic carbocycles. The second kappa shape index (κ2) is 7.89. The first-order valence-electron chi connectivity index (χ1n) is 9.20. The third-order valence-corrected chi connectivity index (χ3v) is 5.17. The monoisotopic (exact) mass is 377 g/mol. The SMILES string of the molecule is O=C(Nc1ncc(-c2cccc(Cl)c2)c(-c2ccccc2)n1)C1CCCC1. The molecule has 1 fully saturated rings. The van der Waals surface area contributed by atoms with Crippen LogP contribution in [-0.4, -0.2) is 15.9 Å². The molecule has 4 rings (SSSR count). The Morgan fingerprint density at radius 2 is 1.74 bits per heavy atom. The molecule has 0 bridgehead atoms. The molecule has 1 amide bonds. The smallest absolute Gasteiger partial charge is 0.229 e. The van der Waals surface area contributed by atoms with E-state index < -0.39 is 0 Å². The first-order chi connectivity index (χ1) is 13.2. The zero-order valence-corrected chi connectivity index (χ0v) is 15.6. The van der Waals surface area contributed by atoms with Gasteiger partial charge in [0.25, 0.3) is 0 Å². The summed E-state index contributed by atoms with van der Waals surface area (Å²) in [7, 11) is 0. The summed E-state index contributed by atoms with van der Waals surface area (Å²) < 4.78 is 0. The number of rotatable bonds is 4. The van der Waals surface area contributed by atoms with Crippen LogP contribution < -0.4 is 5.32 Å². The summed E-state index contributed by atoms with van der Waals surface area (Å²) in [5, 5.41) is 3.55. The van der Waals surface area contributed by atoms with Crippen LogP contribution in [0.25, 0.3) is 22.4 Å². The molecule has 27 heavy (non-hydrogen) atoms. The summed E-state index contributed by atoms with van der Waals surface area (Å²) in [6.45, 7) is 0. The van der Waals surface area contributed by atoms with E-state index in [1.807, 2.05) is 54.6 Å². The molecular weight excluding hydrogens is 358 g/mol. The van der Waals surface area contributed by atoms with Crippen LogP contribution in [0.4, 0.5) is 5.95 Å². The minimum Gasteiger partial charge on any atom is -0.294 e. The number of carbonyl (C=O) groups excluding carboxylic acids is 1. The average molecular weight is 378 g/mol. The number of benzene rings is 2. The van der Waals surface area contributed by atoms with Gasteiger partial charge in [0.1, 0.15) is 0 Å². The summed E-state index contributed by atoms with van der Waals surface area (Å²) in [5.74, 6) is 0.430.